The van der Waals surface area contributed by atoms with Crippen LogP contribution in [0.4, 0.5) is 4.39 Å². The Kier molecular flexibility index (Phi) is 5.74. The lowest BCUT2D eigenvalue weighted by atomic mass is 10.1. The van der Waals surface area contributed by atoms with Crippen LogP contribution < -0.4 is 11.1 Å². The van der Waals surface area contributed by atoms with Crippen molar-refractivity contribution in [3.05, 3.63) is 35.1 Å². The summed E-state index contributed by atoms with van der Waals surface area (Å²) in [5.41, 5.74) is 6.87. The molecule has 0 fully saturated rings. The zero-order chi connectivity index (χ0) is 13.5. The summed E-state index contributed by atoms with van der Waals surface area (Å²) in [5, 5.41) is 2.79. The second-order valence-corrected chi connectivity index (χ2v) is 4.39. The monoisotopic (exact) mass is 253 g/mol. The molecule has 18 heavy (non-hydrogen) atoms. The molecule has 1 aromatic carbocycles. The van der Waals surface area contributed by atoms with Crippen molar-refractivity contribution in [1.29, 1.82) is 0 Å². The number of hydrogen-bond acceptors (Lipinski definition) is 3. The van der Waals surface area contributed by atoms with Gasteiger partial charge in [-0.1, -0.05) is 12.1 Å². The Morgan fingerprint density at radius 1 is 1.50 bits per heavy atom. The molecule has 1 aromatic rings. The Labute approximate surface area is 107 Å². The molecule has 0 aliphatic rings. The summed E-state index contributed by atoms with van der Waals surface area (Å²) in [4.78, 5) is 13.4. The predicted molar refractivity (Wildman–Crippen MR) is 69.5 cm³/mol. The van der Waals surface area contributed by atoms with Gasteiger partial charge in [-0.3, -0.25) is 9.69 Å². The highest BCUT2D eigenvalue weighted by atomic mass is 19.1. The minimum Gasteiger partial charge on any atom is -0.351 e. The maximum absolute atomic E-state index is 13.0. The van der Waals surface area contributed by atoms with Gasteiger partial charge in [0.1, 0.15) is 5.82 Å². The number of carbonyl (C=O) groups excluding carboxylic acids is 1. The number of nitrogens with zero attached hydrogens (tertiary/aromatic N) is 1. The molecule has 1 rings (SSSR count). The number of carbonyl (C=O) groups is 1. The van der Waals surface area contributed by atoms with Crippen LogP contribution in [-0.2, 0) is 11.3 Å². The van der Waals surface area contributed by atoms with E-state index < -0.39 is 0 Å². The first-order valence-corrected chi connectivity index (χ1v) is 5.93. The van der Waals surface area contributed by atoms with Gasteiger partial charge >= 0.3 is 0 Å². The first-order valence-electron chi connectivity index (χ1n) is 5.93. The van der Waals surface area contributed by atoms with Crippen molar-refractivity contribution < 1.29 is 9.18 Å². The summed E-state index contributed by atoms with van der Waals surface area (Å²) in [6.07, 6.45) is 0. The van der Waals surface area contributed by atoms with E-state index in [1.54, 1.807) is 19.1 Å². The van der Waals surface area contributed by atoms with Crippen molar-refractivity contribution in [3.8, 4) is 0 Å². The van der Waals surface area contributed by atoms with Crippen molar-refractivity contribution in [3.63, 3.8) is 0 Å². The Balaban J connectivity index is 2.40. The lowest BCUT2D eigenvalue weighted by Gasteiger charge is -2.15. The molecule has 0 aromatic heterocycles. The average molecular weight is 253 g/mol. The minimum absolute atomic E-state index is 0.0621. The number of nitrogens with one attached hydrogen (secondary N) is 1. The number of nitrogens with two attached hydrogens (primary N) is 1. The van der Waals surface area contributed by atoms with Gasteiger partial charge in [0.2, 0.25) is 5.91 Å². The molecular formula is C13H20FN3O. The number of benzene rings is 1. The molecule has 0 aliphatic carbocycles. The molecule has 5 heteroatoms. The van der Waals surface area contributed by atoms with Gasteiger partial charge < -0.3 is 11.1 Å². The third kappa shape index (κ3) is 4.81. The van der Waals surface area contributed by atoms with Crippen molar-refractivity contribution in [2.75, 3.05) is 26.7 Å². The molecule has 100 valence electrons. The number of halogens is 1. The van der Waals surface area contributed by atoms with E-state index in [1.165, 1.54) is 6.07 Å². The fourth-order valence-corrected chi connectivity index (χ4v) is 1.62. The molecule has 0 bridgehead atoms. The van der Waals surface area contributed by atoms with Gasteiger partial charge in [-0.25, -0.2) is 4.39 Å². The first-order chi connectivity index (χ1) is 8.52. The van der Waals surface area contributed by atoms with Crippen LogP contribution in [0.2, 0.25) is 0 Å². The van der Waals surface area contributed by atoms with Gasteiger partial charge in [-0.05, 0) is 31.2 Å². The average Bonchev–Trinajstić information content (AvgIpc) is 2.31. The fraction of sp³-hybridized carbons (Fsp3) is 0.462. The van der Waals surface area contributed by atoms with Gasteiger partial charge in [0, 0.05) is 19.6 Å². The maximum Gasteiger partial charge on any atom is 0.234 e. The minimum atomic E-state index is -0.229. The van der Waals surface area contributed by atoms with E-state index in [2.05, 4.69) is 5.32 Å². The molecule has 1 amide bonds. The lowest BCUT2D eigenvalue weighted by Crippen LogP contribution is -2.37. The summed E-state index contributed by atoms with van der Waals surface area (Å²) >= 11 is 0. The largest absolute Gasteiger partial charge is 0.351 e. The van der Waals surface area contributed by atoms with Gasteiger partial charge in [-0.2, -0.15) is 0 Å². The van der Waals surface area contributed by atoms with Crippen LogP contribution >= 0.6 is 0 Å². The SMILES string of the molecule is Cc1cc(CNC(=O)CN(C)CCN)ccc1F. The van der Waals surface area contributed by atoms with Crippen LogP contribution in [0.25, 0.3) is 0 Å². The van der Waals surface area contributed by atoms with Gasteiger partial charge in [0.05, 0.1) is 6.54 Å². The van der Waals surface area contributed by atoms with E-state index in [0.29, 0.717) is 31.7 Å². The third-order valence-corrected chi connectivity index (χ3v) is 2.64. The number of likely N-dealkylation sites (N-methyl/N-ethyl adjacent to an activating group) is 1. The smallest absolute Gasteiger partial charge is 0.234 e. The number of rotatable bonds is 6. The standard InChI is InChI=1S/C13H20FN3O/c1-10-7-11(3-4-12(10)14)8-16-13(18)9-17(2)6-5-15/h3-4,7H,5-6,8-9,15H2,1-2H3,(H,16,18). The zero-order valence-corrected chi connectivity index (χ0v) is 10.9. The molecule has 0 saturated carbocycles. The van der Waals surface area contributed by atoms with E-state index in [-0.39, 0.29) is 11.7 Å². The van der Waals surface area contributed by atoms with Gasteiger partial charge in [0.15, 0.2) is 0 Å². The summed E-state index contributed by atoms with van der Waals surface area (Å²) in [7, 11) is 1.84. The quantitative estimate of drug-likeness (QED) is 0.782. The molecule has 0 radical (unpaired) electrons. The molecule has 0 atom stereocenters. The Bertz CT molecular complexity index is 409. The number of aryl methyl sites for hydroxylation is 1. The second kappa shape index (κ2) is 7.08. The van der Waals surface area contributed by atoms with Crippen molar-refractivity contribution >= 4 is 5.91 Å². The summed E-state index contributed by atoms with van der Waals surface area (Å²) in [5.74, 6) is -0.291. The van der Waals surface area contributed by atoms with Crippen molar-refractivity contribution in [2.45, 2.75) is 13.5 Å². The molecule has 0 heterocycles. The highest BCUT2D eigenvalue weighted by Crippen LogP contribution is 2.08. The third-order valence-electron chi connectivity index (χ3n) is 2.64. The van der Waals surface area contributed by atoms with Crippen LogP contribution in [0.5, 0.6) is 0 Å². The molecule has 0 aliphatic heterocycles. The van der Waals surface area contributed by atoms with E-state index in [9.17, 15) is 9.18 Å². The summed E-state index contributed by atoms with van der Waals surface area (Å²) in [6, 6.07) is 4.82. The van der Waals surface area contributed by atoms with E-state index >= 15 is 0 Å². The van der Waals surface area contributed by atoms with Crippen LogP contribution in [-0.4, -0.2) is 37.5 Å². The Hall–Kier alpha value is -1.46. The van der Waals surface area contributed by atoms with Crippen molar-refractivity contribution in [1.82, 2.24) is 10.2 Å². The molecule has 4 nitrogen and oxygen atoms in total. The molecule has 0 unspecified atom stereocenters. The highest BCUT2D eigenvalue weighted by molar-refractivity contribution is 5.77. The highest BCUT2D eigenvalue weighted by Gasteiger charge is 2.06. The van der Waals surface area contributed by atoms with Gasteiger partial charge in [0.25, 0.3) is 0 Å². The molecular weight excluding hydrogens is 233 g/mol. The number of hydrogen-bond donors (Lipinski definition) is 2. The second-order valence-electron chi connectivity index (χ2n) is 4.39. The maximum atomic E-state index is 13.0. The van der Waals surface area contributed by atoms with Crippen molar-refractivity contribution in [2.24, 2.45) is 5.73 Å². The zero-order valence-electron chi connectivity index (χ0n) is 10.9. The Morgan fingerprint density at radius 3 is 2.83 bits per heavy atom. The first kappa shape index (κ1) is 14.6. The fourth-order valence-electron chi connectivity index (χ4n) is 1.62. The normalized spacial score (nSPS) is 10.7. The predicted octanol–water partition coefficient (Wildman–Crippen LogP) is 0.641. The molecule has 0 saturated heterocycles. The van der Waals surface area contributed by atoms with Crippen LogP contribution in [0, 0.1) is 12.7 Å². The van der Waals surface area contributed by atoms with E-state index in [4.69, 9.17) is 5.73 Å². The molecule has 3 N–H and O–H groups in total. The molecule has 0 spiro atoms. The van der Waals surface area contributed by atoms with Crippen LogP contribution in [0.1, 0.15) is 11.1 Å². The topological polar surface area (TPSA) is 58.4 Å². The summed E-state index contributed by atoms with van der Waals surface area (Å²) < 4.78 is 13.0. The number of amides is 1. The lowest BCUT2D eigenvalue weighted by molar-refractivity contribution is -0.122. The van der Waals surface area contributed by atoms with E-state index in [1.807, 2.05) is 11.9 Å². The Morgan fingerprint density at radius 2 is 2.22 bits per heavy atom. The van der Waals surface area contributed by atoms with Crippen LogP contribution in [0.3, 0.4) is 0 Å². The van der Waals surface area contributed by atoms with E-state index in [0.717, 1.165) is 5.56 Å². The van der Waals surface area contributed by atoms with Crippen LogP contribution in [0.15, 0.2) is 18.2 Å². The summed E-state index contributed by atoms with van der Waals surface area (Å²) in [6.45, 7) is 3.65. The van der Waals surface area contributed by atoms with Gasteiger partial charge in [-0.15, -0.1) is 0 Å².